The van der Waals surface area contributed by atoms with Crippen LogP contribution in [0.5, 0.6) is 0 Å². The number of nitrogens with zero attached hydrogens (tertiary/aromatic N) is 2. The standard InChI is InChI=1S/C11H10N2S/c14-11-12-8-10(13-11)7-6-9-4-2-1-3-5-9/h1-5,8H,6-7H2. The second kappa shape index (κ2) is 4.24. The molecule has 0 saturated heterocycles. The predicted molar refractivity (Wildman–Crippen MR) is 63.3 cm³/mol. The fraction of sp³-hybridized carbons (Fsp3) is 0.182. The number of aryl methyl sites for hydroxylation is 1. The first-order valence-electron chi connectivity index (χ1n) is 4.54. The Morgan fingerprint density at radius 1 is 1.07 bits per heavy atom. The van der Waals surface area contributed by atoms with Crippen molar-refractivity contribution in [3.8, 4) is 0 Å². The van der Waals surface area contributed by atoms with Crippen LogP contribution in [-0.4, -0.2) is 17.0 Å². The first kappa shape index (κ1) is 9.21. The summed E-state index contributed by atoms with van der Waals surface area (Å²) in [4.78, 5) is 8.06. The molecule has 0 aliphatic carbocycles. The molecule has 0 fully saturated rings. The summed E-state index contributed by atoms with van der Waals surface area (Å²) in [6, 6.07) is 10.3. The number of benzene rings is 1. The zero-order valence-corrected chi connectivity index (χ0v) is 8.50. The van der Waals surface area contributed by atoms with E-state index in [-0.39, 0.29) is 0 Å². The third-order valence-electron chi connectivity index (χ3n) is 2.08. The molecule has 0 radical (unpaired) electrons. The fourth-order valence-electron chi connectivity index (χ4n) is 1.35. The van der Waals surface area contributed by atoms with Gasteiger partial charge in [-0.2, -0.15) is 0 Å². The molecule has 0 unspecified atom stereocenters. The van der Waals surface area contributed by atoms with E-state index in [1.165, 1.54) is 5.56 Å². The highest BCUT2D eigenvalue weighted by molar-refractivity contribution is 7.80. The molecule has 0 atom stereocenters. The van der Waals surface area contributed by atoms with Gasteiger partial charge < -0.3 is 0 Å². The van der Waals surface area contributed by atoms with Crippen LogP contribution >= 0.6 is 12.2 Å². The topological polar surface area (TPSA) is 24.7 Å². The average molecular weight is 202 g/mol. The predicted octanol–water partition coefficient (Wildman–Crippen LogP) is 2.43. The van der Waals surface area contributed by atoms with Crippen LogP contribution in [0.15, 0.2) is 40.3 Å². The molecule has 0 spiro atoms. The zero-order valence-electron chi connectivity index (χ0n) is 7.68. The van der Waals surface area contributed by atoms with Crippen molar-refractivity contribution in [1.82, 2.24) is 0 Å². The van der Waals surface area contributed by atoms with Gasteiger partial charge in [0.15, 0.2) is 0 Å². The molecule has 0 bridgehead atoms. The molecule has 1 aromatic rings. The zero-order chi connectivity index (χ0) is 9.80. The molecule has 0 amide bonds. The molecule has 1 aliphatic heterocycles. The summed E-state index contributed by atoms with van der Waals surface area (Å²) in [5.41, 5.74) is 2.31. The Kier molecular flexibility index (Phi) is 2.79. The second-order valence-electron chi connectivity index (χ2n) is 3.13. The van der Waals surface area contributed by atoms with E-state index in [9.17, 15) is 0 Å². The van der Waals surface area contributed by atoms with Gasteiger partial charge in [-0.1, -0.05) is 30.3 Å². The highest BCUT2D eigenvalue weighted by Crippen LogP contribution is 2.05. The van der Waals surface area contributed by atoms with Gasteiger partial charge in [0.2, 0.25) is 5.11 Å². The molecule has 1 heterocycles. The number of hydrogen-bond acceptors (Lipinski definition) is 1. The Morgan fingerprint density at radius 2 is 1.86 bits per heavy atom. The van der Waals surface area contributed by atoms with Crippen LogP contribution < -0.4 is 0 Å². The lowest BCUT2D eigenvalue weighted by molar-refractivity contribution is 1.05. The largest absolute Gasteiger partial charge is 0.225 e. The van der Waals surface area contributed by atoms with E-state index in [2.05, 4.69) is 22.1 Å². The Bertz CT molecular complexity index is 393. The summed E-state index contributed by atoms with van der Waals surface area (Å²) in [6.45, 7) is 0. The van der Waals surface area contributed by atoms with Crippen LogP contribution in [-0.2, 0) is 6.42 Å². The monoisotopic (exact) mass is 202 g/mol. The van der Waals surface area contributed by atoms with Gasteiger partial charge in [0.05, 0.1) is 11.9 Å². The maximum atomic E-state index is 4.84. The smallest absolute Gasteiger partial charge is 0.219 e. The van der Waals surface area contributed by atoms with Gasteiger partial charge in [0.1, 0.15) is 0 Å². The van der Waals surface area contributed by atoms with Crippen molar-refractivity contribution < 1.29 is 0 Å². The van der Waals surface area contributed by atoms with E-state index in [0.29, 0.717) is 5.11 Å². The number of rotatable bonds is 3. The molecule has 1 aromatic carbocycles. The van der Waals surface area contributed by atoms with E-state index in [1.807, 2.05) is 18.2 Å². The lowest BCUT2D eigenvalue weighted by Gasteiger charge is -1.98. The number of aliphatic imine (C=N–C) groups is 2. The summed E-state index contributed by atoms with van der Waals surface area (Å²) in [5.74, 6) is 0. The second-order valence-corrected chi connectivity index (χ2v) is 3.49. The molecule has 14 heavy (non-hydrogen) atoms. The van der Waals surface area contributed by atoms with E-state index in [1.54, 1.807) is 6.21 Å². The van der Waals surface area contributed by atoms with E-state index < -0.39 is 0 Å². The fourth-order valence-corrected chi connectivity index (χ4v) is 1.52. The quantitative estimate of drug-likeness (QED) is 0.691. The maximum Gasteiger partial charge on any atom is 0.219 e. The van der Waals surface area contributed by atoms with Crippen molar-refractivity contribution in [2.24, 2.45) is 9.98 Å². The van der Waals surface area contributed by atoms with Crippen molar-refractivity contribution in [3.63, 3.8) is 0 Å². The van der Waals surface area contributed by atoms with Crippen LogP contribution in [0.4, 0.5) is 0 Å². The van der Waals surface area contributed by atoms with Gasteiger partial charge in [0, 0.05) is 0 Å². The molecular weight excluding hydrogens is 192 g/mol. The first-order valence-corrected chi connectivity index (χ1v) is 4.95. The molecule has 0 aromatic heterocycles. The SMILES string of the molecule is S=C1N=CC(CCc2ccccc2)=N1. The summed E-state index contributed by atoms with van der Waals surface area (Å²) < 4.78 is 0. The van der Waals surface area contributed by atoms with Gasteiger partial charge in [-0.15, -0.1) is 0 Å². The Hall–Kier alpha value is -1.35. The molecule has 0 N–H and O–H groups in total. The Balaban J connectivity index is 1.93. The van der Waals surface area contributed by atoms with Crippen molar-refractivity contribution in [2.45, 2.75) is 12.8 Å². The Labute approximate surface area is 88.4 Å². The third kappa shape index (κ3) is 2.33. The molecular formula is C11H10N2S. The van der Waals surface area contributed by atoms with Gasteiger partial charge in [0.25, 0.3) is 0 Å². The van der Waals surface area contributed by atoms with Crippen molar-refractivity contribution in [3.05, 3.63) is 35.9 Å². The van der Waals surface area contributed by atoms with Crippen LogP contribution in [0, 0.1) is 0 Å². The lowest BCUT2D eigenvalue weighted by atomic mass is 10.1. The molecule has 2 rings (SSSR count). The summed E-state index contributed by atoms with van der Waals surface area (Å²) in [5, 5.41) is 0.452. The minimum Gasteiger partial charge on any atom is -0.225 e. The maximum absolute atomic E-state index is 4.84. The average Bonchev–Trinajstić information content (AvgIpc) is 2.63. The molecule has 1 aliphatic rings. The van der Waals surface area contributed by atoms with Crippen molar-refractivity contribution in [1.29, 1.82) is 0 Å². The minimum atomic E-state index is 0.452. The highest BCUT2D eigenvalue weighted by atomic mass is 32.1. The van der Waals surface area contributed by atoms with E-state index >= 15 is 0 Å². The van der Waals surface area contributed by atoms with Crippen LogP contribution in [0.25, 0.3) is 0 Å². The third-order valence-corrected chi connectivity index (χ3v) is 2.27. The van der Waals surface area contributed by atoms with Gasteiger partial charge in [-0.3, -0.25) is 0 Å². The lowest BCUT2D eigenvalue weighted by Crippen LogP contribution is -1.98. The van der Waals surface area contributed by atoms with Gasteiger partial charge >= 0.3 is 0 Å². The molecule has 3 heteroatoms. The summed E-state index contributed by atoms with van der Waals surface area (Å²) in [7, 11) is 0. The number of thiocarbonyl (C=S) groups is 1. The Morgan fingerprint density at radius 3 is 2.50 bits per heavy atom. The summed E-state index contributed by atoms with van der Waals surface area (Å²) in [6.07, 6.45) is 3.66. The minimum absolute atomic E-state index is 0.452. The normalized spacial score (nSPS) is 14.6. The molecule has 2 nitrogen and oxygen atoms in total. The summed E-state index contributed by atoms with van der Waals surface area (Å²) >= 11 is 4.84. The van der Waals surface area contributed by atoms with E-state index in [0.717, 1.165) is 18.6 Å². The van der Waals surface area contributed by atoms with Crippen LogP contribution in [0.2, 0.25) is 0 Å². The van der Waals surface area contributed by atoms with Gasteiger partial charge in [-0.25, -0.2) is 9.98 Å². The van der Waals surface area contributed by atoms with Crippen molar-refractivity contribution in [2.75, 3.05) is 0 Å². The van der Waals surface area contributed by atoms with Crippen LogP contribution in [0.1, 0.15) is 12.0 Å². The molecule has 70 valence electrons. The van der Waals surface area contributed by atoms with E-state index in [4.69, 9.17) is 12.2 Å². The van der Waals surface area contributed by atoms with Crippen LogP contribution in [0.3, 0.4) is 0 Å². The first-order chi connectivity index (χ1) is 6.84. The van der Waals surface area contributed by atoms with Gasteiger partial charge in [-0.05, 0) is 30.6 Å². The van der Waals surface area contributed by atoms with Crippen molar-refractivity contribution >= 4 is 29.3 Å². The molecule has 0 saturated carbocycles. The number of hydrogen-bond donors (Lipinski definition) is 0. The highest BCUT2D eigenvalue weighted by Gasteiger charge is 2.04.